The Bertz CT molecular complexity index is 1250. The van der Waals surface area contributed by atoms with Gasteiger partial charge in [0.25, 0.3) is 5.91 Å². The number of nitrogens with zero attached hydrogens (tertiary/aromatic N) is 4. The molecule has 8 nitrogen and oxygen atoms in total. The molecule has 2 heterocycles. The van der Waals surface area contributed by atoms with Crippen LogP contribution >= 0.6 is 23.2 Å². The summed E-state index contributed by atoms with van der Waals surface area (Å²) in [5.74, 6) is -2.52. The van der Waals surface area contributed by atoms with Gasteiger partial charge in [-0.15, -0.1) is 0 Å². The number of aromatic nitrogens is 3. The molecule has 1 amide bonds. The van der Waals surface area contributed by atoms with E-state index in [2.05, 4.69) is 10.1 Å². The van der Waals surface area contributed by atoms with E-state index in [-0.39, 0.29) is 53.8 Å². The number of alkyl halides is 3. The molecule has 2 aliphatic carbocycles. The van der Waals surface area contributed by atoms with Crippen LogP contribution in [0.15, 0.2) is 18.6 Å². The van der Waals surface area contributed by atoms with E-state index in [9.17, 15) is 32.7 Å². The number of pyridine rings is 1. The number of hydrogen-bond acceptors (Lipinski definition) is 5. The zero-order chi connectivity index (χ0) is 29.2. The maximum atomic E-state index is 14.5. The average molecular weight is 603 g/mol. The third-order valence-corrected chi connectivity index (χ3v) is 8.75. The second kappa shape index (κ2) is 12.1. The van der Waals surface area contributed by atoms with Crippen LogP contribution in [-0.2, 0) is 11.0 Å². The number of amides is 1. The van der Waals surface area contributed by atoms with Gasteiger partial charge in [0.15, 0.2) is 11.5 Å². The van der Waals surface area contributed by atoms with Crippen molar-refractivity contribution in [1.82, 2.24) is 19.7 Å². The summed E-state index contributed by atoms with van der Waals surface area (Å²) in [5, 5.41) is 13.4. The van der Waals surface area contributed by atoms with Gasteiger partial charge in [-0.2, -0.15) is 18.3 Å². The number of Topliss-reactive ketones (excluding diaryl/α,β-unsaturated/α-hetero) is 1. The van der Waals surface area contributed by atoms with Crippen molar-refractivity contribution in [2.45, 2.75) is 76.9 Å². The quantitative estimate of drug-likeness (QED) is 0.336. The number of hydrogen-bond donors (Lipinski definition) is 1. The predicted molar refractivity (Wildman–Crippen MR) is 142 cm³/mol. The van der Waals surface area contributed by atoms with Gasteiger partial charge >= 0.3 is 12.1 Å². The molecule has 2 aliphatic rings. The number of carbonyl (C=O) groups excluding carboxylic acids is 2. The highest BCUT2D eigenvalue weighted by atomic mass is 35.5. The van der Waals surface area contributed by atoms with E-state index in [0.29, 0.717) is 0 Å². The summed E-state index contributed by atoms with van der Waals surface area (Å²) < 4.78 is 44.2. The number of carboxylic acids is 1. The maximum Gasteiger partial charge on any atom is 0.433 e. The molecule has 1 N–H and O–H groups in total. The lowest BCUT2D eigenvalue weighted by molar-refractivity contribution is -0.152. The Kier molecular flexibility index (Phi) is 9.14. The standard InChI is InChI=1S/C27H31Cl2F3N4O4/c1-26(25(39)40)9-7-17(8-10-26)36-23(27(30,31)32)18(11-34-36)24(38)35(14-16-5-3-2-4-6-16)15-21(37)22-19(28)12-33-13-20(22)29/h11-13,16-17H,2-10,14-15H2,1H3,(H,39,40)/t17-,26-. The summed E-state index contributed by atoms with van der Waals surface area (Å²) in [6.45, 7) is 1.17. The number of carboxylic acid groups (broad SMARTS) is 1. The van der Waals surface area contributed by atoms with Crippen molar-refractivity contribution in [1.29, 1.82) is 0 Å². The summed E-state index contributed by atoms with van der Waals surface area (Å²) in [4.78, 5) is 43.6. The first kappa shape index (κ1) is 30.3. The fourth-order valence-electron chi connectivity index (χ4n) is 5.78. The molecule has 0 atom stereocenters. The molecule has 218 valence electrons. The van der Waals surface area contributed by atoms with E-state index in [1.54, 1.807) is 6.92 Å². The Balaban J connectivity index is 1.66. The normalized spacial score (nSPS) is 22.2. The largest absolute Gasteiger partial charge is 0.481 e. The second-order valence-electron chi connectivity index (χ2n) is 11.0. The lowest BCUT2D eigenvalue weighted by Crippen LogP contribution is -2.40. The molecular formula is C27H31Cl2F3N4O4. The van der Waals surface area contributed by atoms with Crippen LogP contribution in [-0.4, -0.2) is 55.5 Å². The van der Waals surface area contributed by atoms with Crippen LogP contribution in [0.25, 0.3) is 0 Å². The minimum absolute atomic E-state index is 0.0166. The molecular weight excluding hydrogens is 572 g/mol. The number of aliphatic carboxylic acids is 1. The van der Waals surface area contributed by atoms with E-state index in [4.69, 9.17) is 23.2 Å². The molecule has 2 fully saturated rings. The van der Waals surface area contributed by atoms with Crippen molar-refractivity contribution in [2.24, 2.45) is 11.3 Å². The van der Waals surface area contributed by atoms with Gasteiger partial charge in [-0.05, 0) is 51.4 Å². The Labute approximate surface area is 239 Å². The van der Waals surface area contributed by atoms with Crippen molar-refractivity contribution < 1.29 is 32.7 Å². The second-order valence-corrected chi connectivity index (χ2v) is 11.9. The Morgan fingerprint density at radius 1 is 1.05 bits per heavy atom. The summed E-state index contributed by atoms with van der Waals surface area (Å²) in [5.41, 5.74) is -2.90. The first-order chi connectivity index (χ1) is 18.8. The van der Waals surface area contributed by atoms with Crippen molar-refractivity contribution in [3.8, 4) is 0 Å². The van der Waals surface area contributed by atoms with Gasteiger partial charge in [-0.25, -0.2) is 0 Å². The van der Waals surface area contributed by atoms with Crippen molar-refractivity contribution in [2.75, 3.05) is 13.1 Å². The third-order valence-electron chi connectivity index (χ3n) is 8.17. The molecule has 4 rings (SSSR count). The van der Waals surface area contributed by atoms with Crippen molar-refractivity contribution in [3.63, 3.8) is 0 Å². The highest BCUT2D eigenvalue weighted by Gasteiger charge is 2.45. The van der Waals surface area contributed by atoms with Crippen molar-refractivity contribution in [3.05, 3.63) is 45.5 Å². The molecule has 0 spiro atoms. The fourth-order valence-corrected chi connectivity index (χ4v) is 6.35. The lowest BCUT2D eigenvalue weighted by atomic mass is 9.74. The van der Waals surface area contributed by atoms with Crippen LogP contribution < -0.4 is 0 Å². The van der Waals surface area contributed by atoms with Crippen LogP contribution in [0.5, 0.6) is 0 Å². The number of carbonyl (C=O) groups is 3. The van der Waals surface area contributed by atoms with Crippen LogP contribution in [0, 0.1) is 11.3 Å². The first-order valence-corrected chi connectivity index (χ1v) is 14.1. The molecule has 0 bridgehead atoms. The molecule has 0 aromatic carbocycles. The van der Waals surface area contributed by atoms with E-state index in [1.165, 1.54) is 12.4 Å². The number of halogens is 5. The van der Waals surface area contributed by atoms with Gasteiger partial charge in [0.2, 0.25) is 0 Å². The molecule has 2 aromatic rings. The number of ketones is 1. The van der Waals surface area contributed by atoms with Gasteiger partial charge < -0.3 is 10.0 Å². The van der Waals surface area contributed by atoms with Gasteiger partial charge in [0.1, 0.15) is 0 Å². The Hall–Kier alpha value is -2.66. The SMILES string of the molecule is C[C@]1(C(=O)O)CC[C@H](n2ncc(C(=O)N(CC(=O)c3c(Cl)cncc3Cl)CC3CCCCC3)c2C(F)(F)F)CC1. The van der Waals surface area contributed by atoms with E-state index in [0.717, 1.165) is 47.9 Å². The van der Waals surface area contributed by atoms with Crippen molar-refractivity contribution >= 4 is 40.9 Å². The zero-order valence-corrected chi connectivity index (χ0v) is 23.5. The van der Waals surface area contributed by atoms with Gasteiger partial charge in [-0.1, -0.05) is 42.5 Å². The topological polar surface area (TPSA) is 105 Å². The molecule has 0 radical (unpaired) electrons. The Morgan fingerprint density at radius 3 is 2.20 bits per heavy atom. The lowest BCUT2D eigenvalue weighted by Gasteiger charge is -2.34. The fraction of sp³-hybridized carbons (Fsp3) is 0.593. The molecule has 2 saturated carbocycles. The minimum Gasteiger partial charge on any atom is -0.481 e. The molecule has 40 heavy (non-hydrogen) atoms. The van der Waals surface area contributed by atoms with Crippen LogP contribution in [0.3, 0.4) is 0 Å². The van der Waals surface area contributed by atoms with E-state index in [1.807, 2.05) is 0 Å². The highest BCUT2D eigenvalue weighted by Crippen LogP contribution is 2.43. The van der Waals surface area contributed by atoms with Gasteiger partial charge in [-0.3, -0.25) is 24.0 Å². The predicted octanol–water partition coefficient (Wildman–Crippen LogP) is 6.72. The van der Waals surface area contributed by atoms with E-state index < -0.39 is 53.1 Å². The molecule has 13 heteroatoms. The smallest absolute Gasteiger partial charge is 0.433 e. The summed E-state index contributed by atoms with van der Waals surface area (Å²) in [7, 11) is 0. The average Bonchev–Trinajstić information content (AvgIpc) is 3.35. The third kappa shape index (κ3) is 6.46. The first-order valence-electron chi connectivity index (χ1n) is 13.3. The summed E-state index contributed by atoms with van der Waals surface area (Å²) in [6.07, 6.45) is 3.68. The highest BCUT2D eigenvalue weighted by molar-refractivity contribution is 6.39. The van der Waals surface area contributed by atoms with Crippen LogP contribution in [0.2, 0.25) is 10.0 Å². The van der Waals surface area contributed by atoms with Gasteiger partial charge in [0, 0.05) is 18.9 Å². The number of rotatable bonds is 8. The summed E-state index contributed by atoms with van der Waals surface area (Å²) in [6, 6.07) is -0.714. The van der Waals surface area contributed by atoms with E-state index >= 15 is 0 Å². The van der Waals surface area contributed by atoms with Crippen LogP contribution in [0.1, 0.15) is 97.2 Å². The van der Waals surface area contributed by atoms with Crippen LogP contribution in [0.4, 0.5) is 13.2 Å². The molecule has 0 saturated heterocycles. The molecule has 2 aromatic heterocycles. The molecule has 0 aliphatic heterocycles. The monoisotopic (exact) mass is 602 g/mol. The summed E-state index contributed by atoms with van der Waals surface area (Å²) >= 11 is 12.3. The Morgan fingerprint density at radius 2 is 1.65 bits per heavy atom. The molecule has 0 unspecified atom stereocenters. The minimum atomic E-state index is -4.91. The zero-order valence-electron chi connectivity index (χ0n) is 22.0. The maximum absolute atomic E-state index is 14.5. The van der Waals surface area contributed by atoms with Gasteiger partial charge in [0.05, 0.1) is 45.4 Å².